The van der Waals surface area contributed by atoms with Gasteiger partial charge in [0, 0.05) is 34.4 Å². The van der Waals surface area contributed by atoms with Crippen LogP contribution in [-0.2, 0) is 10.5 Å². The van der Waals surface area contributed by atoms with Gasteiger partial charge in [-0.1, -0.05) is 23.9 Å². The highest BCUT2D eigenvalue weighted by atomic mass is 32.2. The third-order valence-electron chi connectivity index (χ3n) is 4.88. The van der Waals surface area contributed by atoms with Gasteiger partial charge >= 0.3 is 0 Å². The van der Waals surface area contributed by atoms with Crippen molar-refractivity contribution in [2.24, 2.45) is 0 Å². The third kappa shape index (κ3) is 5.77. The molecule has 4 rings (SSSR count). The fourth-order valence-corrected chi connectivity index (χ4v) is 4.55. The molecule has 0 atom stereocenters. The van der Waals surface area contributed by atoms with E-state index < -0.39 is 0 Å². The predicted molar refractivity (Wildman–Crippen MR) is 130 cm³/mol. The molecular weight excluding hydrogens is 438 g/mol. The molecular formula is C24H23N5OS2. The summed E-state index contributed by atoms with van der Waals surface area (Å²) in [5, 5.41) is 11.8. The van der Waals surface area contributed by atoms with Gasteiger partial charge < -0.3 is 5.32 Å². The van der Waals surface area contributed by atoms with Gasteiger partial charge in [-0.3, -0.25) is 14.3 Å². The number of pyridine rings is 1. The maximum absolute atomic E-state index is 12.4. The zero-order valence-corrected chi connectivity index (χ0v) is 19.5. The van der Waals surface area contributed by atoms with Crippen LogP contribution in [0.4, 0.5) is 5.69 Å². The van der Waals surface area contributed by atoms with Crippen LogP contribution in [0.1, 0.15) is 16.7 Å². The van der Waals surface area contributed by atoms with Gasteiger partial charge in [0.05, 0.1) is 5.75 Å². The van der Waals surface area contributed by atoms with Crippen molar-refractivity contribution < 1.29 is 4.79 Å². The Morgan fingerprint density at radius 2 is 1.88 bits per heavy atom. The number of thioether (sulfide) groups is 2. The Hall–Kier alpha value is -3.10. The molecule has 0 unspecified atom stereocenters. The Balaban J connectivity index is 1.30. The molecule has 162 valence electrons. The van der Waals surface area contributed by atoms with Crippen molar-refractivity contribution in [3.8, 4) is 5.69 Å². The number of nitrogens with one attached hydrogen (secondary N) is 1. The summed E-state index contributed by atoms with van der Waals surface area (Å²) in [6.45, 7) is 4.16. The molecule has 32 heavy (non-hydrogen) atoms. The van der Waals surface area contributed by atoms with Crippen LogP contribution < -0.4 is 5.32 Å². The first-order valence-corrected chi connectivity index (χ1v) is 12.1. The second-order valence-electron chi connectivity index (χ2n) is 7.26. The van der Waals surface area contributed by atoms with Crippen molar-refractivity contribution in [3.05, 3.63) is 90.0 Å². The van der Waals surface area contributed by atoms with Crippen molar-refractivity contribution in [2.75, 3.05) is 11.1 Å². The van der Waals surface area contributed by atoms with Crippen molar-refractivity contribution in [1.29, 1.82) is 0 Å². The number of carbonyl (C=O) groups is 1. The molecule has 2 heterocycles. The third-order valence-corrected chi connectivity index (χ3v) is 6.91. The van der Waals surface area contributed by atoms with Crippen LogP contribution in [0.3, 0.4) is 0 Å². The first kappa shape index (κ1) is 22.1. The number of aryl methyl sites for hydroxylation is 2. The second-order valence-corrected chi connectivity index (χ2v) is 9.25. The van der Waals surface area contributed by atoms with Crippen LogP contribution in [0.5, 0.6) is 0 Å². The summed E-state index contributed by atoms with van der Waals surface area (Å²) in [5.74, 6) is 1.03. The fraction of sp³-hybridized carbons (Fsp3) is 0.167. The number of carbonyl (C=O) groups excluding carboxylic acids is 1. The first-order chi connectivity index (χ1) is 15.6. The van der Waals surface area contributed by atoms with Gasteiger partial charge in [-0.15, -0.1) is 22.0 Å². The van der Waals surface area contributed by atoms with Crippen LogP contribution in [0.25, 0.3) is 5.69 Å². The van der Waals surface area contributed by atoms with Crippen molar-refractivity contribution in [3.63, 3.8) is 0 Å². The van der Waals surface area contributed by atoms with Gasteiger partial charge in [0.25, 0.3) is 0 Å². The lowest BCUT2D eigenvalue weighted by atomic mass is 10.1. The Morgan fingerprint density at radius 3 is 2.62 bits per heavy atom. The van der Waals surface area contributed by atoms with Crippen LogP contribution in [0.15, 0.2) is 83.4 Å². The lowest BCUT2D eigenvalue weighted by Crippen LogP contribution is -2.14. The van der Waals surface area contributed by atoms with Gasteiger partial charge in [0.15, 0.2) is 5.16 Å². The average molecular weight is 462 g/mol. The molecule has 2 aromatic heterocycles. The second kappa shape index (κ2) is 10.5. The summed E-state index contributed by atoms with van der Waals surface area (Å²) in [7, 11) is 0. The molecule has 0 aliphatic heterocycles. The number of benzene rings is 2. The number of aromatic nitrogens is 4. The van der Waals surface area contributed by atoms with Crippen molar-refractivity contribution in [2.45, 2.75) is 29.7 Å². The Kier molecular flexibility index (Phi) is 7.24. The van der Waals surface area contributed by atoms with Crippen molar-refractivity contribution >= 4 is 35.1 Å². The molecule has 4 aromatic rings. The monoisotopic (exact) mass is 461 g/mol. The van der Waals surface area contributed by atoms with E-state index in [1.165, 1.54) is 28.5 Å². The molecule has 1 N–H and O–H groups in total. The molecule has 0 aliphatic rings. The van der Waals surface area contributed by atoms with Gasteiger partial charge in [0.1, 0.15) is 6.33 Å². The molecule has 8 heteroatoms. The normalized spacial score (nSPS) is 10.8. The summed E-state index contributed by atoms with van der Waals surface area (Å²) in [5.41, 5.74) is 5.38. The smallest absolute Gasteiger partial charge is 0.234 e. The van der Waals surface area contributed by atoms with E-state index in [-0.39, 0.29) is 11.7 Å². The standard InChI is InChI=1S/C24H23N5OS2/c1-17-5-8-21(12-18(17)2)29-16-26-28-24(29)32-15-23(30)27-20-6-9-22(10-7-20)31-14-19-4-3-11-25-13-19/h3-13,16H,14-15H2,1-2H3,(H,27,30). The summed E-state index contributed by atoms with van der Waals surface area (Å²) in [6, 6.07) is 18.1. The lowest BCUT2D eigenvalue weighted by molar-refractivity contribution is -0.113. The molecule has 0 radical (unpaired) electrons. The Labute approximate surface area is 195 Å². The minimum Gasteiger partial charge on any atom is -0.325 e. The quantitative estimate of drug-likeness (QED) is 0.359. The number of amides is 1. The molecule has 0 spiro atoms. The maximum Gasteiger partial charge on any atom is 0.234 e. The van der Waals surface area contributed by atoms with E-state index in [4.69, 9.17) is 0 Å². The molecule has 1 amide bonds. The highest BCUT2D eigenvalue weighted by molar-refractivity contribution is 7.99. The number of hydrogen-bond acceptors (Lipinski definition) is 6. The van der Waals surface area contributed by atoms with Gasteiger partial charge in [-0.05, 0) is 73.0 Å². The highest BCUT2D eigenvalue weighted by Crippen LogP contribution is 2.25. The van der Waals surface area contributed by atoms with Crippen LogP contribution in [-0.4, -0.2) is 31.4 Å². The molecule has 2 aromatic carbocycles. The Morgan fingerprint density at radius 1 is 1.03 bits per heavy atom. The minimum atomic E-state index is -0.0830. The molecule has 0 saturated carbocycles. The van der Waals surface area contributed by atoms with Gasteiger partial charge in [-0.25, -0.2) is 0 Å². The SMILES string of the molecule is Cc1ccc(-n2cnnc2SCC(=O)Nc2ccc(SCc3cccnc3)cc2)cc1C. The molecule has 6 nitrogen and oxygen atoms in total. The van der Waals surface area contributed by atoms with E-state index in [0.717, 1.165) is 22.0 Å². The zero-order chi connectivity index (χ0) is 22.3. The van der Waals surface area contributed by atoms with Gasteiger partial charge in [0.2, 0.25) is 5.91 Å². The maximum atomic E-state index is 12.4. The van der Waals surface area contributed by atoms with Crippen molar-refractivity contribution in [1.82, 2.24) is 19.7 Å². The van der Waals surface area contributed by atoms with E-state index in [2.05, 4.69) is 52.5 Å². The van der Waals surface area contributed by atoms with E-state index >= 15 is 0 Å². The average Bonchev–Trinajstić information content (AvgIpc) is 3.28. The van der Waals surface area contributed by atoms with Gasteiger partial charge in [-0.2, -0.15) is 0 Å². The number of rotatable bonds is 8. The van der Waals surface area contributed by atoms with E-state index in [9.17, 15) is 4.79 Å². The lowest BCUT2D eigenvalue weighted by Gasteiger charge is -2.09. The minimum absolute atomic E-state index is 0.0830. The molecule has 0 bridgehead atoms. The van der Waals surface area contributed by atoms with E-state index in [1.807, 2.05) is 47.2 Å². The summed E-state index contributed by atoms with van der Waals surface area (Å²) >= 11 is 3.10. The van der Waals surface area contributed by atoms with E-state index in [1.54, 1.807) is 24.3 Å². The number of hydrogen-bond donors (Lipinski definition) is 1. The number of anilines is 1. The van der Waals surface area contributed by atoms with Crippen LogP contribution in [0, 0.1) is 13.8 Å². The predicted octanol–water partition coefficient (Wildman–Crippen LogP) is 5.30. The summed E-state index contributed by atoms with van der Waals surface area (Å²) < 4.78 is 1.90. The zero-order valence-electron chi connectivity index (χ0n) is 17.9. The van der Waals surface area contributed by atoms with Crippen LogP contribution >= 0.6 is 23.5 Å². The molecule has 0 aliphatic carbocycles. The fourth-order valence-electron chi connectivity index (χ4n) is 2.99. The van der Waals surface area contributed by atoms with Crippen LogP contribution in [0.2, 0.25) is 0 Å². The summed E-state index contributed by atoms with van der Waals surface area (Å²) in [4.78, 5) is 17.7. The largest absolute Gasteiger partial charge is 0.325 e. The Bertz CT molecular complexity index is 1190. The molecule has 0 fully saturated rings. The molecule has 0 saturated heterocycles. The highest BCUT2D eigenvalue weighted by Gasteiger charge is 2.11. The van der Waals surface area contributed by atoms with E-state index in [0.29, 0.717) is 5.16 Å². The summed E-state index contributed by atoms with van der Waals surface area (Å²) in [6.07, 6.45) is 5.32. The first-order valence-electron chi connectivity index (χ1n) is 10.1. The number of nitrogens with zero attached hydrogens (tertiary/aromatic N) is 4. The topological polar surface area (TPSA) is 72.7 Å².